The van der Waals surface area contributed by atoms with Crippen LogP contribution in [0.3, 0.4) is 0 Å². The molecular weight excluding hydrogens is 211 g/mol. The van der Waals surface area contributed by atoms with E-state index in [0.717, 1.165) is 0 Å². The zero-order valence-corrected chi connectivity index (χ0v) is 5.83. The van der Waals surface area contributed by atoms with Crippen LogP contribution in [0.25, 0.3) is 0 Å². The fourth-order valence-corrected chi connectivity index (χ4v) is 0. The summed E-state index contributed by atoms with van der Waals surface area (Å²) in [5.74, 6) is 0. The van der Waals surface area contributed by atoms with Gasteiger partial charge in [0.05, 0.1) is 0 Å². The van der Waals surface area contributed by atoms with Gasteiger partial charge in [0.1, 0.15) is 0 Å². The summed E-state index contributed by atoms with van der Waals surface area (Å²) in [5, 5.41) is 0. The molecule has 5 heteroatoms. The molecule has 0 nitrogen and oxygen atoms in total. The van der Waals surface area contributed by atoms with Gasteiger partial charge < -0.3 is 0 Å². The molecule has 0 heterocycles. The van der Waals surface area contributed by atoms with Crippen molar-refractivity contribution in [3.05, 3.63) is 0 Å². The van der Waals surface area contributed by atoms with Crippen LogP contribution in [0.4, 0.5) is 8.44 Å². The van der Waals surface area contributed by atoms with Gasteiger partial charge in [-0.2, -0.15) is 0 Å². The van der Waals surface area contributed by atoms with Crippen LogP contribution in [0.1, 0.15) is 0 Å². The Labute approximate surface area is 37.6 Å². The second-order valence-electron chi connectivity index (χ2n) is 0.468. The van der Waals surface area contributed by atoms with Gasteiger partial charge in [-0.05, 0) is 0 Å². The van der Waals surface area contributed by atoms with E-state index in [1.54, 1.807) is 0 Å². The van der Waals surface area contributed by atoms with E-state index in [2.05, 4.69) is 9.72 Å². The average molecular weight is 213 g/mol. The molecule has 0 aromatic heterocycles. The van der Waals surface area contributed by atoms with Gasteiger partial charge in [-0.15, -0.1) is 0 Å². The fraction of sp³-hybridized carbons (Fsp3) is 0. The third-order valence-electron chi connectivity index (χ3n) is 0. The van der Waals surface area contributed by atoms with Crippen LogP contribution in [0.2, 0.25) is 0 Å². The maximum atomic E-state index is 10.4. The van der Waals surface area contributed by atoms with Crippen LogP contribution >= 0.6 is 9.72 Å². The molecule has 0 unspecified atom stereocenters. The molecule has 0 aliphatic heterocycles. The molecule has 5 heavy (non-hydrogen) atoms. The van der Waals surface area contributed by atoms with Gasteiger partial charge in [0.25, 0.3) is 0 Å². The van der Waals surface area contributed by atoms with Crippen LogP contribution in [0.15, 0.2) is 0 Å². The molecule has 0 aromatic rings. The standard InChI is InChI=1S/3FH.H2S.Sb.H/h3*1H;1H2;;/q;;;;+4;/p-4. The van der Waals surface area contributed by atoms with Crippen molar-refractivity contribution in [1.82, 2.24) is 0 Å². The van der Waals surface area contributed by atoms with Crippen molar-refractivity contribution in [2.24, 2.45) is 0 Å². The third-order valence-corrected chi connectivity index (χ3v) is 0. The molecule has 0 amide bonds. The van der Waals surface area contributed by atoms with Crippen LogP contribution in [-0.4, -0.2) is 19.1 Å². The van der Waals surface area contributed by atoms with Gasteiger partial charge in [-0.3, -0.25) is 0 Å². The van der Waals surface area contributed by atoms with E-state index < -0.39 is 19.1 Å². The van der Waals surface area contributed by atoms with E-state index in [0.29, 0.717) is 0 Å². The summed E-state index contributed by atoms with van der Waals surface area (Å²) in [5.41, 5.74) is 0. The first-order valence-electron chi connectivity index (χ1n) is 0.791. The van der Waals surface area contributed by atoms with Gasteiger partial charge in [0, 0.05) is 0 Å². The van der Waals surface area contributed by atoms with Gasteiger partial charge in [-0.25, -0.2) is 0 Å². The van der Waals surface area contributed by atoms with Crippen molar-refractivity contribution in [2.75, 3.05) is 0 Å². The van der Waals surface area contributed by atoms with E-state index in [9.17, 15) is 8.44 Å². The molecule has 0 atom stereocenters. The Kier molecular flexibility index (Phi) is 1.91. The second kappa shape index (κ2) is 1.60. The summed E-state index contributed by atoms with van der Waals surface area (Å²) in [6.07, 6.45) is 0. The average Bonchev–Trinajstić information content (AvgIpc) is 0.722. The topological polar surface area (TPSA) is 0 Å². The maximum absolute atomic E-state index is 10.4. The summed E-state index contributed by atoms with van der Waals surface area (Å²) >= 11 is -5.99. The molecule has 0 saturated heterocycles. The molecule has 0 bridgehead atoms. The minimum atomic E-state index is -5.99. The molecule has 0 aliphatic carbocycles. The number of hydrogen-bond acceptors (Lipinski definition) is 1. The fourth-order valence-electron chi connectivity index (χ4n) is 0. The summed E-state index contributed by atoms with van der Waals surface area (Å²) in [7, 11) is 2.33. The van der Waals surface area contributed by atoms with E-state index in [1.807, 2.05) is 0 Å². The quantitative estimate of drug-likeness (QED) is 0.450. The van der Waals surface area contributed by atoms with Crippen molar-refractivity contribution in [3.8, 4) is 0 Å². The van der Waals surface area contributed by atoms with Crippen molar-refractivity contribution in [1.29, 1.82) is 0 Å². The molecule has 0 aromatic carbocycles. The van der Waals surface area contributed by atoms with Crippen LogP contribution < -0.4 is 0 Å². The summed E-state index contributed by atoms with van der Waals surface area (Å²) in [6.45, 7) is 0. The number of thiol groups is 1. The number of halogens is 3. The normalized spacial score (nSPS) is 15.2. The monoisotopic (exact) mass is 212 g/mol. The van der Waals surface area contributed by atoms with Crippen molar-refractivity contribution in [3.63, 3.8) is 0 Å². The van der Waals surface area contributed by atoms with Crippen LogP contribution in [0.5, 0.6) is 0 Å². The molecule has 34 valence electrons. The Hall–Kier alpha value is 0.958. The zero-order chi connectivity index (χ0) is 4.50. The van der Waals surface area contributed by atoms with E-state index in [1.165, 1.54) is 0 Å². The first-order valence-corrected chi connectivity index (χ1v) is 8.30. The predicted octanol–water partition coefficient (Wildman–Crippen LogP) is 0.993. The van der Waals surface area contributed by atoms with Crippen molar-refractivity contribution < 1.29 is 8.44 Å². The summed E-state index contributed by atoms with van der Waals surface area (Å²) in [6, 6.07) is 0. The Balaban J connectivity index is 3.02. The zero-order valence-electron chi connectivity index (χ0n) is 2.08. The van der Waals surface area contributed by atoms with Crippen LogP contribution in [0, 0.1) is 0 Å². The Morgan fingerprint density at radius 3 is 1.20 bits per heavy atom. The SMILES string of the molecule is [F][SbH]([F])([F])[SH]. The summed E-state index contributed by atoms with van der Waals surface area (Å²) in [4.78, 5) is 0. The molecule has 0 spiro atoms. The number of rotatable bonds is 0. The van der Waals surface area contributed by atoms with Gasteiger partial charge >= 0.3 is 37.3 Å². The molecule has 0 fully saturated rings. The molecule has 0 rings (SSSR count). The van der Waals surface area contributed by atoms with Gasteiger partial charge in [-0.1, -0.05) is 0 Å². The van der Waals surface area contributed by atoms with E-state index in [4.69, 9.17) is 0 Å². The molecule has 0 radical (unpaired) electrons. The molecular formula is H2F3SSb. The van der Waals surface area contributed by atoms with E-state index in [-0.39, 0.29) is 0 Å². The second-order valence-corrected chi connectivity index (χ2v) is 6.54. The molecule has 0 saturated carbocycles. The minimum absolute atomic E-state index is 2.33. The van der Waals surface area contributed by atoms with Crippen molar-refractivity contribution in [2.45, 2.75) is 0 Å². The first-order chi connectivity index (χ1) is 2.00. The Morgan fingerprint density at radius 1 is 1.20 bits per heavy atom. The van der Waals surface area contributed by atoms with E-state index >= 15 is 0 Å². The summed E-state index contributed by atoms with van der Waals surface area (Å²) < 4.78 is 31.3. The molecule has 0 aliphatic rings. The number of hydrogen-bond donors (Lipinski definition) is 1. The van der Waals surface area contributed by atoms with Crippen LogP contribution in [-0.2, 0) is 0 Å². The molecule has 0 N–H and O–H groups in total. The van der Waals surface area contributed by atoms with Gasteiger partial charge in [0.15, 0.2) is 0 Å². The third kappa shape index (κ3) is 47.3. The first kappa shape index (κ1) is 5.96. The predicted molar refractivity (Wildman–Crippen MR) is 19.5 cm³/mol. The van der Waals surface area contributed by atoms with Crippen molar-refractivity contribution >= 4 is 28.9 Å². The Bertz CT molecular complexity index is 22.4. The van der Waals surface area contributed by atoms with Gasteiger partial charge in [0.2, 0.25) is 0 Å². The Morgan fingerprint density at radius 2 is 1.20 bits per heavy atom.